The molecule has 0 aromatic heterocycles. The van der Waals surface area contributed by atoms with Crippen LogP contribution in [-0.4, -0.2) is 59.8 Å². The molecule has 0 bridgehead atoms. The number of esters is 2. The van der Waals surface area contributed by atoms with E-state index in [0.29, 0.717) is 6.42 Å². The lowest BCUT2D eigenvalue weighted by Crippen LogP contribution is -2.30. The van der Waals surface area contributed by atoms with Crippen molar-refractivity contribution in [3.8, 4) is 0 Å². The molecular formula is C17H34O7. The van der Waals surface area contributed by atoms with Gasteiger partial charge in [0, 0.05) is 0 Å². The summed E-state index contributed by atoms with van der Waals surface area (Å²) in [5, 5.41) is 25.8. The molecule has 0 saturated carbocycles. The van der Waals surface area contributed by atoms with Gasteiger partial charge in [-0.25, -0.2) is 0 Å². The Kier molecular flexibility index (Phi) is 12.8. The molecular weight excluding hydrogens is 316 g/mol. The second kappa shape index (κ2) is 12.2. The van der Waals surface area contributed by atoms with E-state index in [-0.39, 0.29) is 38.4 Å². The summed E-state index contributed by atoms with van der Waals surface area (Å²) in [6, 6.07) is 0. The van der Waals surface area contributed by atoms with E-state index in [1.54, 1.807) is 13.8 Å². The van der Waals surface area contributed by atoms with Gasteiger partial charge in [-0.2, -0.15) is 0 Å². The minimum atomic E-state index is -0.975. The second-order valence-corrected chi connectivity index (χ2v) is 6.77. The average molecular weight is 350 g/mol. The van der Waals surface area contributed by atoms with Gasteiger partial charge in [-0.1, -0.05) is 13.8 Å². The van der Waals surface area contributed by atoms with Crippen LogP contribution >= 0.6 is 0 Å². The van der Waals surface area contributed by atoms with Gasteiger partial charge >= 0.3 is 11.9 Å². The fourth-order valence-corrected chi connectivity index (χ4v) is 1.04. The Balaban J connectivity index is 0. The van der Waals surface area contributed by atoms with E-state index in [0.717, 1.165) is 6.42 Å². The van der Waals surface area contributed by atoms with Gasteiger partial charge in [-0.3, -0.25) is 9.59 Å². The van der Waals surface area contributed by atoms with Crippen LogP contribution in [0.2, 0.25) is 0 Å². The number of carbonyl (C=O) groups is 2. The molecule has 0 aliphatic carbocycles. The molecule has 0 aliphatic heterocycles. The van der Waals surface area contributed by atoms with E-state index in [1.165, 1.54) is 0 Å². The molecule has 0 rings (SSSR count). The smallest absolute Gasteiger partial charge is 0.311 e. The molecule has 0 aromatic carbocycles. The van der Waals surface area contributed by atoms with Crippen LogP contribution in [0.5, 0.6) is 0 Å². The molecule has 3 N–H and O–H groups in total. The van der Waals surface area contributed by atoms with Crippen LogP contribution in [0.15, 0.2) is 0 Å². The summed E-state index contributed by atoms with van der Waals surface area (Å²) in [7, 11) is 0. The van der Waals surface area contributed by atoms with Gasteiger partial charge < -0.3 is 24.8 Å². The lowest BCUT2D eigenvalue weighted by molar-refractivity contribution is -0.157. The standard InChI is InChI=1S/C9H18O4.C8H16O3/c1-4-9(2,3)8(12)13-6-7(11)5-10;1-4-8(2,3)7(10)11-6-5-9/h7,10-11H,4-6H2,1-3H3;9H,4-6H2,1-3H3. The quantitative estimate of drug-likeness (QED) is 0.537. The van der Waals surface area contributed by atoms with Crippen molar-refractivity contribution < 1.29 is 34.4 Å². The minimum Gasteiger partial charge on any atom is -0.463 e. The van der Waals surface area contributed by atoms with Crippen molar-refractivity contribution in [2.75, 3.05) is 26.4 Å². The number of hydrogen-bond acceptors (Lipinski definition) is 7. The molecule has 0 radical (unpaired) electrons. The van der Waals surface area contributed by atoms with Crippen LogP contribution in [0, 0.1) is 10.8 Å². The Bertz CT molecular complexity index is 364. The third-order valence-corrected chi connectivity index (χ3v) is 3.81. The highest BCUT2D eigenvalue weighted by Gasteiger charge is 2.27. The predicted molar refractivity (Wildman–Crippen MR) is 90.2 cm³/mol. The summed E-state index contributed by atoms with van der Waals surface area (Å²) >= 11 is 0. The molecule has 0 spiro atoms. The van der Waals surface area contributed by atoms with Crippen LogP contribution < -0.4 is 0 Å². The second-order valence-electron chi connectivity index (χ2n) is 6.77. The summed E-state index contributed by atoms with van der Waals surface area (Å²) in [6.07, 6.45) is 0.454. The number of aliphatic hydroxyl groups is 3. The van der Waals surface area contributed by atoms with Crippen molar-refractivity contribution in [2.24, 2.45) is 10.8 Å². The van der Waals surface area contributed by atoms with Crippen LogP contribution in [0.1, 0.15) is 54.4 Å². The Morgan fingerprint density at radius 3 is 1.67 bits per heavy atom. The molecule has 1 atom stereocenters. The lowest BCUT2D eigenvalue weighted by Gasteiger charge is -2.21. The van der Waals surface area contributed by atoms with E-state index < -0.39 is 16.9 Å². The maximum atomic E-state index is 11.3. The van der Waals surface area contributed by atoms with E-state index in [4.69, 9.17) is 24.8 Å². The van der Waals surface area contributed by atoms with Crippen LogP contribution in [-0.2, 0) is 19.1 Å². The molecule has 0 amide bonds. The van der Waals surface area contributed by atoms with E-state index >= 15 is 0 Å². The van der Waals surface area contributed by atoms with E-state index in [2.05, 4.69) is 0 Å². The number of carbonyl (C=O) groups excluding carboxylic acids is 2. The highest BCUT2D eigenvalue weighted by molar-refractivity contribution is 5.76. The first kappa shape index (κ1) is 25.1. The van der Waals surface area contributed by atoms with Crippen molar-refractivity contribution in [3.63, 3.8) is 0 Å². The average Bonchev–Trinajstić information content (AvgIpc) is 2.57. The van der Waals surface area contributed by atoms with Gasteiger partial charge in [0.1, 0.15) is 19.3 Å². The lowest BCUT2D eigenvalue weighted by atomic mass is 9.91. The van der Waals surface area contributed by atoms with Crippen LogP contribution in [0.3, 0.4) is 0 Å². The fourth-order valence-electron chi connectivity index (χ4n) is 1.04. The minimum absolute atomic E-state index is 0.0995. The molecule has 0 aliphatic rings. The Labute approximate surface area is 145 Å². The molecule has 0 heterocycles. The van der Waals surface area contributed by atoms with E-state index in [1.807, 2.05) is 27.7 Å². The SMILES string of the molecule is CCC(C)(C)C(=O)OCC(O)CO.CCC(C)(C)C(=O)OCCO. The first-order chi connectivity index (χ1) is 11.0. The van der Waals surface area contributed by atoms with Gasteiger partial charge in [0.05, 0.1) is 24.0 Å². The molecule has 24 heavy (non-hydrogen) atoms. The third kappa shape index (κ3) is 10.6. The summed E-state index contributed by atoms with van der Waals surface area (Å²) in [6.45, 7) is 10.5. The van der Waals surface area contributed by atoms with E-state index in [9.17, 15) is 9.59 Å². The largest absolute Gasteiger partial charge is 0.463 e. The summed E-state index contributed by atoms with van der Waals surface area (Å²) in [5.41, 5.74) is -0.940. The zero-order chi connectivity index (χ0) is 19.4. The summed E-state index contributed by atoms with van der Waals surface area (Å²) in [5.74, 6) is -0.587. The maximum absolute atomic E-state index is 11.3. The third-order valence-electron chi connectivity index (χ3n) is 3.81. The zero-order valence-corrected chi connectivity index (χ0v) is 15.8. The predicted octanol–water partition coefficient (Wildman–Crippen LogP) is 1.28. The van der Waals surface area contributed by atoms with Crippen molar-refractivity contribution >= 4 is 11.9 Å². The zero-order valence-electron chi connectivity index (χ0n) is 15.8. The Hall–Kier alpha value is -1.18. The number of rotatable bonds is 9. The van der Waals surface area contributed by atoms with Crippen molar-refractivity contribution in [2.45, 2.75) is 60.5 Å². The number of hydrogen-bond donors (Lipinski definition) is 3. The Morgan fingerprint density at radius 2 is 1.33 bits per heavy atom. The van der Waals surface area contributed by atoms with Gasteiger partial charge in [-0.05, 0) is 40.5 Å². The highest BCUT2D eigenvalue weighted by atomic mass is 16.5. The maximum Gasteiger partial charge on any atom is 0.311 e. The molecule has 0 saturated heterocycles. The van der Waals surface area contributed by atoms with Crippen molar-refractivity contribution in [3.05, 3.63) is 0 Å². The van der Waals surface area contributed by atoms with Gasteiger partial charge in [0.15, 0.2) is 0 Å². The number of aliphatic hydroxyl groups excluding tert-OH is 3. The molecule has 144 valence electrons. The fraction of sp³-hybridized carbons (Fsp3) is 0.882. The molecule has 7 nitrogen and oxygen atoms in total. The Morgan fingerprint density at radius 1 is 0.917 bits per heavy atom. The highest BCUT2D eigenvalue weighted by Crippen LogP contribution is 2.21. The molecule has 0 aromatic rings. The van der Waals surface area contributed by atoms with Crippen molar-refractivity contribution in [1.82, 2.24) is 0 Å². The molecule has 1 unspecified atom stereocenters. The van der Waals surface area contributed by atoms with Crippen LogP contribution in [0.25, 0.3) is 0 Å². The van der Waals surface area contributed by atoms with Gasteiger partial charge in [0.25, 0.3) is 0 Å². The normalized spacial score (nSPS) is 12.7. The van der Waals surface area contributed by atoms with Crippen LogP contribution in [0.4, 0.5) is 0 Å². The topological polar surface area (TPSA) is 113 Å². The summed E-state index contributed by atoms with van der Waals surface area (Å²) in [4.78, 5) is 22.4. The van der Waals surface area contributed by atoms with Gasteiger partial charge in [0.2, 0.25) is 0 Å². The monoisotopic (exact) mass is 350 g/mol. The first-order valence-corrected chi connectivity index (χ1v) is 8.22. The first-order valence-electron chi connectivity index (χ1n) is 8.22. The van der Waals surface area contributed by atoms with Crippen molar-refractivity contribution in [1.29, 1.82) is 0 Å². The van der Waals surface area contributed by atoms with Gasteiger partial charge in [-0.15, -0.1) is 0 Å². The molecule has 7 heteroatoms. The number of ether oxygens (including phenoxy) is 2. The molecule has 0 fully saturated rings. The summed E-state index contributed by atoms with van der Waals surface area (Å²) < 4.78 is 9.56.